The van der Waals surface area contributed by atoms with Crippen molar-refractivity contribution in [3.8, 4) is 6.07 Å². The molecule has 1 atom stereocenters. The van der Waals surface area contributed by atoms with Crippen LogP contribution in [0, 0.1) is 11.3 Å². The summed E-state index contributed by atoms with van der Waals surface area (Å²) in [5.74, 6) is 0.0716. The van der Waals surface area contributed by atoms with Gasteiger partial charge in [0.15, 0.2) is 0 Å². The minimum atomic E-state index is -0.106. The van der Waals surface area contributed by atoms with Crippen molar-refractivity contribution >= 4 is 5.91 Å². The molecule has 0 aliphatic heterocycles. The molecular formula is C11H19N3O. The predicted molar refractivity (Wildman–Crippen MR) is 58.1 cm³/mol. The molecule has 0 aromatic heterocycles. The summed E-state index contributed by atoms with van der Waals surface area (Å²) in [6, 6.07) is 2.55. The van der Waals surface area contributed by atoms with Gasteiger partial charge in [0.1, 0.15) is 0 Å². The highest BCUT2D eigenvalue weighted by Crippen LogP contribution is 2.28. The van der Waals surface area contributed by atoms with E-state index >= 15 is 0 Å². The van der Waals surface area contributed by atoms with Gasteiger partial charge in [-0.3, -0.25) is 9.69 Å². The summed E-state index contributed by atoms with van der Waals surface area (Å²) in [5, 5.41) is 11.4. The molecule has 1 saturated carbocycles. The lowest BCUT2D eigenvalue weighted by atomic mass is 10.2. The van der Waals surface area contributed by atoms with E-state index in [0.717, 1.165) is 12.8 Å². The third kappa shape index (κ3) is 3.52. The number of hydrogen-bond acceptors (Lipinski definition) is 3. The third-order valence-corrected chi connectivity index (χ3v) is 2.73. The Morgan fingerprint density at radius 3 is 2.80 bits per heavy atom. The molecule has 0 heterocycles. The Labute approximate surface area is 91.2 Å². The van der Waals surface area contributed by atoms with Gasteiger partial charge in [-0.15, -0.1) is 0 Å². The third-order valence-electron chi connectivity index (χ3n) is 2.73. The number of nitriles is 1. The summed E-state index contributed by atoms with van der Waals surface area (Å²) in [7, 11) is 0. The summed E-state index contributed by atoms with van der Waals surface area (Å²) in [6.07, 6.45) is 2.82. The summed E-state index contributed by atoms with van der Waals surface area (Å²) in [6.45, 7) is 5.21. The Hall–Kier alpha value is -1.08. The fourth-order valence-electron chi connectivity index (χ4n) is 1.75. The van der Waals surface area contributed by atoms with E-state index < -0.39 is 0 Å². The van der Waals surface area contributed by atoms with Gasteiger partial charge in [-0.25, -0.2) is 0 Å². The number of amides is 1. The quantitative estimate of drug-likeness (QED) is 0.706. The summed E-state index contributed by atoms with van der Waals surface area (Å²) < 4.78 is 0. The second-order valence-corrected chi connectivity index (χ2v) is 3.95. The maximum atomic E-state index is 11.6. The van der Waals surface area contributed by atoms with E-state index in [1.807, 2.05) is 13.8 Å². The zero-order chi connectivity index (χ0) is 11.3. The number of carbonyl (C=O) groups is 1. The van der Waals surface area contributed by atoms with Crippen LogP contribution >= 0.6 is 0 Å². The van der Waals surface area contributed by atoms with Crippen LogP contribution in [0.3, 0.4) is 0 Å². The molecule has 4 heteroatoms. The Morgan fingerprint density at radius 2 is 2.33 bits per heavy atom. The fourth-order valence-corrected chi connectivity index (χ4v) is 1.75. The van der Waals surface area contributed by atoms with Crippen molar-refractivity contribution in [2.45, 2.75) is 45.2 Å². The topological polar surface area (TPSA) is 56.1 Å². The molecule has 0 aromatic rings. The number of carbonyl (C=O) groups excluding carboxylic acids is 1. The van der Waals surface area contributed by atoms with E-state index in [0.29, 0.717) is 25.6 Å². The van der Waals surface area contributed by atoms with E-state index in [-0.39, 0.29) is 11.9 Å². The van der Waals surface area contributed by atoms with Crippen molar-refractivity contribution in [3.05, 3.63) is 0 Å². The van der Waals surface area contributed by atoms with Gasteiger partial charge in [-0.05, 0) is 26.7 Å². The van der Waals surface area contributed by atoms with Gasteiger partial charge in [0.2, 0.25) is 5.91 Å². The van der Waals surface area contributed by atoms with Crippen molar-refractivity contribution in [2.24, 2.45) is 0 Å². The Balaban J connectivity index is 2.47. The summed E-state index contributed by atoms with van der Waals surface area (Å²) in [4.78, 5) is 13.8. The first-order chi connectivity index (χ1) is 7.20. The van der Waals surface area contributed by atoms with Crippen LogP contribution in [0.4, 0.5) is 0 Å². The maximum absolute atomic E-state index is 11.6. The smallest absolute Gasteiger partial charge is 0.237 e. The minimum absolute atomic E-state index is 0.0716. The number of nitrogens with zero attached hydrogens (tertiary/aromatic N) is 2. The second-order valence-electron chi connectivity index (χ2n) is 3.95. The number of hydrogen-bond donors (Lipinski definition) is 1. The lowest BCUT2D eigenvalue weighted by molar-refractivity contribution is -0.126. The predicted octanol–water partition coefficient (Wildman–Crippen LogP) is 0.889. The van der Waals surface area contributed by atoms with E-state index in [9.17, 15) is 4.79 Å². The standard InChI is InChI=1S/C11H19N3O/c1-3-13-11(15)9(2)14(8-4-7-12)10-5-6-10/h9-10H,3-6,8H2,1-2H3,(H,13,15). The molecule has 0 bridgehead atoms. The van der Waals surface area contributed by atoms with Gasteiger partial charge < -0.3 is 5.32 Å². The highest BCUT2D eigenvalue weighted by molar-refractivity contribution is 5.81. The van der Waals surface area contributed by atoms with Gasteiger partial charge in [0, 0.05) is 25.6 Å². The Morgan fingerprint density at radius 1 is 1.67 bits per heavy atom. The van der Waals surface area contributed by atoms with Crippen molar-refractivity contribution in [3.63, 3.8) is 0 Å². The Kier molecular flexibility index (Phi) is 4.57. The van der Waals surface area contributed by atoms with Crippen LogP contribution in [0.25, 0.3) is 0 Å². The largest absolute Gasteiger partial charge is 0.355 e. The second kappa shape index (κ2) is 5.72. The van der Waals surface area contributed by atoms with E-state index in [2.05, 4.69) is 16.3 Å². The molecule has 1 aliphatic carbocycles. The Bertz CT molecular complexity index is 255. The van der Waals surface area contributed by atoms with Gasteiger partial charge in [0.05, 0.1) is 12.1 Å². The van der Waals surface area contributed by atoms with Crippen LogP contribution < -0.4 is 5.32 Å². The molecule has 1 aliphatic rings. The highest BCUT2D eigenvalue weighted by Gasteiger charge is 2.34. The zero-order valence-corrected chi connectivity index (χ0v) is 9.49. The van der Waals surface area contributed by atoms with Crippen LogP contribution in [0.5, 0.6) is 0 Å². The SMILES string of the molecule is CCNC(=O)C(C)N(CCC#N)C1CC1. The van der Waals surface area contributed by atoms with Gasteiger partial charge >= 0.3 is 0 Å². The average molecular weight is 209 g/mol. The molecule has 4 nitrogen and oxygen atoms in total. The lowest BCUT2D eigenvalue weighted by Crippen LogP contribution is -2.46. The van der Waals surface area contributed by atoms with Crippen LogP contribution in [-0.2, 0) is 4.79 Å². The van der Waals surface area contributed by atoms with Crippen LogP contribution in [-0.4, -0.2) is 36.0 Å². The fraction of sp³-hybridized carbons (Fsp3) is 0.818. The summed E-state index contributed by atoms with van der Waals surface area (Å²) in [5.41, 5.74) is 0. The van der Waals surface area contributed by atoms with E-state index in [1.165, 1.54) is 0 Å². The highest BCUT2D eigenvalue weighted by atomic mass is 16.2. The molecule has 0 aromatic carbocycles. The average Bonchev–Trinajstić information content (AvgIpc) is 3.02. The van der Waals surface area contributed by atoms with Crippen molar-refractivity contribution in [2.75, 3.05) is 13.1 Å². The molecule has 0 spiro atoms. The number of nitrogens with one attached hydrogen (secondary N) is 1. The van der Waals surface area contributed by atoms with Gasteiger partial charge in [-0.1, -0.05) is 0 Å². The zero-order valence-electron chi connectivity index (χ0n) is 9.49. The first-order valence-corrected chi connectivity index (χ1v) is 5.61. The molecular weight excluding hydrogens is 190 g/mol. The maximum Gasteiger partial charge on any atom is 0.237 e. The lowest BCUT2D eigenvalue weighted by Gasteiger charge is -2.27. The summed E-state index contributed by atoms with van der Waals surface area (Å²) >= 11 is 0. The number of likely N-dealkylation sites (N-methyl/N-ethyl adjacent to an activating group) is 1. The molecule has 1 rings (SSSR count). The monoisotopic (exact) mass is 209 g/mol. The molecule has 1 fully saturated rings. The first-order valence-electron chi connectivity index (χ1n) is 5.61. The molecule has 1 unspecified atom stereocenters. The molecule has 1 amide bonds. The number of rotatable bonds is 6. The van der Waals surface area contributed by atoms with Crippen molar-refractivity contribution < 1.29 is 4.79 Å². The van der Waals surface area contributed by atoms with E-state index in [4.69, 9.17) is 5.26 Å². The molecule has 0 radical (unpaired) electrons. The van der Waals surface area contributed by atoms with Crippen LogP contribution in [0.2, 0.25) is 0 Å². The van der Waals surface area contributed by atoms with Gasteiger partial charge in [0.25, 0.3) is 0 Å². The molecule has 0 saturated heterocycles. The molecule has 84 valence electrons. The van der Waals surface area contributed by atoms with Crippen molar-refractivity contribution in [1.29, 1.82) is 5.26 Å². The minimum Gasteiger partial charge on any atom is -0.355 e. The van der Waals surface area contributed by atoms with Gasteiger partial charge in [-0.2, -0.15) is 5.26 Å². The molecule has 1 N–H and O–H groups in total. The van der Waals surface area contributed by atoms with Crippen molar-refractivity contribution in [1.82, 2.24) is 10.2 Å². The molecule has 15 heavy (non-hydrogen) atoms. The van der Waals surface area contributed by atoms with E-state index in [1.54, 1.807) is 0 Å². The van der Waals surface area contributed by atoms with Crippen LogP contribution in [0.1, 0.15) is 33.1 Å². The van der Waals surface area contributed by atoms with Crippen LogP contribution in [0.15, 0.2) is 0 Å². The normalized spacial score (nSPS) is 17.2. The first kappa shape index (κ1) is 12.0.